The van der Waals surface area contributed by atoms with Crippen LogP contribution < -0.4 is 0 Å². The summed E-state index contributed by atoms with van der Waals surface area (Å²) in [5.41, 5.74) is 0. The number of morpholine rings is 1. The average Bonchev–Trinajstić information content (AvgIpc) is 2.05. The molecule has 0 bridgehead atoms. The number of aliphatic hydroxyl groups excluding tert-OH is 1. The number of nitrogens with zero attached hydrogens (tertiary/aromatic N) is 1. The van der Waals surface area contributed by atoms with Gasteiger partial charge in [-0.05, 0) is 6.92 Å². The van der Waals surface area contributed by atoms with Gasteiger partial charge in [-0.1, -0.05) is 0 Å². The summed E-state index contributed by atoms with van der Waals surface area (Å²) in [4.78, 5) is 1.70. The van der Waals surface area contributed by atoms with Crippen LogP contribution in [0.4, 0.5) is 0 Å². The summed E-state index contributed by atoms with van der Waals surface area (Å²) in [6.07, 6.45) is -1.79. The third-order valence-corrected chi connectivity index (χ3v) is 1.82. The van der Waals surface area contributed by atoms with E-state index in [-0.39, 0.29) is 0 Å². The molecule has 1 N–H and O–H groups in total. The number of rotatable bonds is 2. The van der Waals surface area contributed by atoms with E-state index >= 15 is 0 Å². The van der Waals surface area contributed by atoms with Crippen molar-refractivity contribution >= 4 is 0 Å². The summed E-state index contributed by atoms with van der Waals surface area (Å²) < 4.78 is 5.07. The van der Waals surface area contributed by atoms with E-state index in [1.165, 1.54) is 6.92 Å². The normalized spacial score (nSPS) is 26.5. The van der Waals surface area contributed by atoms with Gasteiger partial charge in [0.2, 0.25) is 0 Å². The Morgan fingerprint density at radius 2 is 2.00 bits per heavy atom. The maximum absolute atomic E-state index is 11.2. The van der Waals surface area contributed by atoms with Crippen molar-refractivity contribution in [3.05, 3.63) is 0 Å². The lowest BCUT2D eigenvalue weighted by Gasteiger charge is -2.30. The average molecular weight is 160 g/mol. The van der Waals surface area contributed by atoms with Crippen LogP contribution in [-0.4, -0.2) is 48.6 Å². The molecular weight excluding hydrogens is 146 g/mol. The molecule has 0 aromatic carbocycles. The highest BCUT2D eigenvalue weighted by atomic mass is 16.5. The minimum absolute atomic E-state index is 0.603. The minimum Gasteiger partial charge on any atom is -0.389 e. The Morgan fingerprint density at radius 1 is 1.45 bits per heavy atom. The smallest absolute Gasteiger partial charge is 0.172 e. The van der Waals surface area contributed by atoms with Crippen LogP contribution in [0.5, 0.6) is 0 Å². The van der Waals surface area contributed by atoms with E-state index in [4.69, 9.17) is 9.84 Å². The predicted molar refractivity (Wildman–Crippen MR) is 38.5 cm³/mol. The molecule has 1 fully saturated rings. The number of aliphatic hydroxyl groups is 1. The monoisotopic (exact) mass is 160 g/mol. The highest BCUT2D eigenvalue weighted by Crippen LogP contribution is 2.05. The molecule has 4 nitrogen and oxygen atoms in total. The highest BCUT2D eigenvalue weighted by molar-refractivity contribution is 4.68. The van der Waals surface area contributed by atoms with Gasteiger partial charge in [-0.3, -0.25) is 4.90 Å². The molecule has 1 aliphatic rings. The molecule has 1 rings (SSSR count). The topological polar surface area (TPSA) is 52.6 Å². The Hall–Kier alpha value is -0.160. The molecule has 2 unspecified atom stereocenters. The molecule has 0 aromatic heterocycles. The van der Waals surface area contributed by atoms with Crippen LogP contribution in [0.15, 0.2) is 0 Å². The second kappa shape index (κ2) is 4.01. The van der Waals surface area contributed by atoms with Crippen molar-refractivity contribution in [3.63, 3.8) is 0 Å². The van der Waals surface area contributed by atoms with E-state index in [9.17, 15) is 5.11 Å². The van der Waals surface area contributed by atoms with Crippen LogP contribution in [0.2, 0.25) is 0 Å². The van der Waals surface area contributed by atoms with Crippen LogP contribution >= 0.6 is 0 Å². The van der Waals surface area contributed by atoms with Crippen molar-refractivity contribution in [1.29, 1.82) is 0 Å². The Morgan fingerprint density at radius 3 is 2.45 bits per heavy atom. The van der Waals surface area contributed by atoms with Crippen molar-refractivity contribution in [2.45, 2.75) is 19.3 Å². The zero-order valence-corrected chi connectivity index (χ0v) is 6.69. The summed E-state index contributed by atoms with van der Waals surface area (Å²) in [6.45, 7) is 4.00. The number of hydrogen-bond acceptors (Lipinski definition) is 3. The third-order valence-electron chi connectivity index (χ3n) is 1.82. The van der Waals surface area contributed by atoms with E-state index in [1.807, 2.05) is 0 Å². The summed E-state index contributed by atoms with van der Waals surface area (Å²) in [5, 5.41) is 20.2. The third kappa shape index (κ3) is 2.41. The molecule has 0 aliphatic carbocycles. The molecule has 0 amide bonds. The van der Waals surface area contributed by atoms with Crippen molar-refractivity contribution < 1.29 is 14.9 Å². The Bertz CT molecular complexity index is 112. The zero-order valence-electron chi connectivity index (χ0n) is 6.69. The number of ether oxygens (including phenoxy) is 1. The van der Waals surface area contributed by atoms with Gasteiger partial charge in [0.25, 0.3) is 0 Å². The first kappa shape index (κ1) is 8.93. The SMILES string of the molecule is CC(O)C([O])N1CCOCC1. The maximum Gasteiger partial charge on any atom is 0.172 e. The fourth-order valence-corrected chi connectivity index (χ4v) is 1.14. The second-order valence-corrected chi connectivity index (χ2v) is 2.78. The first-order chi connectivity index (χ1) is 5.22. The summed E-state index contributed by atoms with van der Waals surface area (Å²) >= 11 is 0. The van der Waals surface area contributed by atoms with Gasteiger partial charge in [0.15, 0.2) is 6.23 Å². The van der Waals surface area contributed by atoms with Crippen molar-refractivity contribution in [3.8, 4) is 0 Å². The van der Waals surface area contributed by atoms with E-state index in [0.717, 1.165) is 0 Å². The van der Waals surface area contributed by atoms with Gasteiger partial charge in [-0.25, -0.2) is 5.11 Å². The van der Waals surface area contributed by atoms with Gasteiger partial charge in [-0.2, -0.15) is 0 Å². The molecule has 1 heterocycles. The lowest BCUT2D eigenvalue weighted by molar-refractivity contribution is -0.139. The molecule has 0 spiro atoms. The Labute approximate surface area is 66.4 Å². The van der Waals surface area contributed by atoms with Crippen molar-refractivity contribution in [2.75, 3.05) is 26.3 Å². The van der Waals surface area contributed by atoms with Crippen molar-refractivity contribution in [1.82, 2.24) is 4.90 Å². The predicted octanol–water partition coefficient (Wildman–Crippen LogP) is -0.544. The molecule has 1 radical (unpaired) electrons. The van der Waals surface area contributed by atoms with E-state index in [0.29, 0.717) is 26.3 Å². The molecule has 1 aliphatic heterocycles. The molecular formula is C7H14NO3. The van der Waals surface area contributed by atoms with Gasteiger partial charge in [0.1, 0.15) is 0 Å². The lowest BCUT2D eigenvalue weighted by Crippen LogP contribution is -2.47. The lowest BCUT2D eigenvalue weighted by atomic mass is 10.3. The molecule has 0 aromatic rings. The standard InChI is InChI=1S/C7H14NO3/c1-6(9)7(10)8-2-4-11-5-3-8/h6-7,9H,2-5H2,1H3. The van der Waals surface area contributed by atoms with Crippen LogP contribution in [0.1, 0.15) is 6.92 Å². The van der Waals surface area contributed by atoms with Gasteiger partial charge in [0, 0.05) is 13.1 Å². The van der Waals surface area contributed by atoms with Crippen LogP contribution in [0, 0.1) is 0 Å². The molecule has 2 atom stereocenters. The van der Waals surface area contributed by atoms with Gasteiger partial charge in [-0.15, -0.1) is 0 Å². The van der Waals surface area contributed by atoms with E-state index in [1.54, 1.807) is 4.90 Å². The summed E-state index contributed by atoms with van der Waals surface area (Å²) in [6, 6.07) is 0. The Kier molecular flexibility index (Phi) is 3.26. The van der Waals surface area contributed by atoms with Gasteiger partial charge in [0.05, 0.1) is 19.3 Å². The second-order valence-electron chi connectivity index (χ2n) is 2.78. The minimum atomic E-state index is -0.987. The summed E-state index contributed by atoms with van der Waals surface area (Å²) in [5.74, 6) is 0. The quantitative estimate of drug-likeness (QED) is 0.590. The molecule has 65 valence electrons. The maximum atomic E-state index is 11.2. The molecule has 4 heteroatoms. The summed E-state index contributed by atoms with van der Waals surface area (Å²) in [7, 11) is 0. The number of hydrogen-bond donors (Lipinski definition) is 1. The van der Waals surface area contributed by atoms with E-state index in [2.05, 4.69) is 0 Å². The molecule has 11 heavy (non-hydrogen) atoms. The van der Waals surface area contributed by atoms with E-state index < -0.39 is 12.3 Å². The first-order valence-corrected chi connectivity index (χ1v) is 3.87. The van der Waals surface area contributed by atoms with Crippen LogP contribution in [-0.2, 0) is 9.84 Å². The fraction of sp³-hybridized carbons (Fsp3) is 1.00. The fourth-order valence-electron chi connectivity index (χ4n) is 1.14. The first-order valence-electron chi connectivity index (χ1n) is 3.87. The van der Waals surface area contributed by atoms with Crippen LogP contribution in [0.3, 0.4) is 0 Å². The largest absolute Gasteiger partial charge is 0.389 e. The van der Waals surface area contributed by atoms with Crippen molar-refractivity contribution in [2.24, 2.45) is 0 Å². The molecule has 1 saturated heterocycles. The van der Waals surface area contributed by atoms with Crippen LogP contribution in [0.25, 0.3) is 0 Å². The Balaban J connectivity index is 2.32. The zero-order chi connectivity index (χ0) is 8.27. The molecule has 0 saturated carbocycles. The highest BCUT2D eigenvalue weighted by Gasteiger charge is 2.23. The van der Waals surface area contributed by atoms with Gasteiger partial charge < -0.3 is 9.84 Å². The van der Waals surface area contributed by atoms with Gasteiger partial charge >= 0.3 is 0 Å².